The van der Waals surface area contributed by atoms with Crippen LogP contribution < -0.4 is 5.32 Å². The van der Waals surface area contributed by atoms with Gasteiger partial charge in [0.2, 0.25) is 5.91 Å². The van der Waals surface area contributed by atoms with Crippen molar-refractivity contribution in [1.29, 1.82) is 0 Å². The van der Waals surface area contributed by atoms with Crippen LogP contribution in [0.1, 0.15) is 24.2 Å². The number of nitrogens with zero attached hydrogens (tertiary/aromatic N) is 2. The lowest BCUT2D eigenvalue weighted by Crippen LogP contribution is -2.42. The molecule has 30 heavy (non-hydrogen) atoms. The average molecular weight is 409 g/mol. The van der Waals surface area contributed by atoms with Crippen LogP contribution in [0.2, 0.25) is 0 Å². The minimum Gasteiger partial charge on any atom is -0.463 e. The van der Waals surface area contributed by atoms with Crippen molar-refractivity contribution in [2.24, 2.45) is 0 Å². The number of rotatable bonds is 8. The number of ether oxygens (including phenoxy) is 1. The van der Waals surface area contributed by atoms with Crippen LogP contribution in [0.25, 0.3) is 22.4 Å². The van der Waals surface area contributed by atoms with Gasteiger partial charge in [0.1, 0.15) is 5.69 Å². The number of fused-ring (bicyclic) bond motifs is 1. The standard InChI is InChI=1S/C22H23N3O5/c1-3-23-20(26)13-25(4-2)21(27)14-30-22(28)16-12-18(19-10-7-11-29-19)24-17-9-6-5-8-15(16)17/h5-12H,3-4,13-14H2,1-2H3,(H,23,26). The number of nitrogens with one attached hydrogen (secondary N) is 1. The van der Waals surface area contributed by atoms with Crippen LogP contribution in [0.3, 0.4) is 0 Å². The van der Waals surface area contributed by atoms with E-state index in [1.807, 2.05) is 6.07 Å². The number of carbonyl (C=O) groups excluding carboxylic acids is 3. The third kappa shape index (κ3) is 4.83. The van der Waals surface area contributed by atoms with Crippen LogP contribution in [0.4, 0.5) is 0 Å². The van der Waals surface area contributed by atoms with Crippen molar-refractivity contribution in [2.75, 3.05) is 26.2 Å². The van der Waals surface area contributed by atoms with Gasteiger partial charge in [0.25, 0.3) is 5.91 Å². The summed E-state index contributed by atoms with van der Waals surface area (Å²) >= 11 is 0. The maximum atomic E-state index is 12.8. The summed E-state index contributed by atoms with van der Waals surface area (Å²) < 4.78 is 10.7. The molecule has 1 N–H and O–H groups in total. The highest BCUT2D eigenvalue weighted by Crippen LogP contribution is 2.25. The van der Waals surface area contributed by atoms with Gasteiger partial charge in [-0.15, -0.1) is 0 Å². The summed E-state index contributed by atoms with van der Waals surface area (Å²) in [6.45, 7) is 3.82. The molecule has 0 radical (unpaired) electrons. The Morgan fingerprint density at radius 3 is 2.63 bits per heavy atom. The number of esters is 1. The van der Waals surface area contributed by atoms with E-state index in [2.05, 4.69) is 10.3 Å². The number of hydrogen-bond acceptors (Lipinski definition) is 6. The predicted molar refractivity (Wildman–Crippen MR) is 111 cm³/mol. The molecule has 3 rings (SSSR count). The molecule has 0 aliphatic carbocycles. The fraction of sp³-hybridized carbons (Fsp3) is 0.273. The molecule has 8 nitrogen and oxygen atoms in total. The van der Waals surface area contributed by atoms with Gasteiger partial charge in [-0.3, -0.25) is 9.59 Å². The van der Waals surface area contributed by atoms with Crippen molar-refractivity contribution in [3.63, 3.8) is 0 Å². The van der Waals surface area contributed by atoms with E-state index < -0.39 is 18.5 Å². The molecule has 0 unspecified atom stereocenters. The van der Waals surface area contributed by atoms with Gasteiger partial charge in [0, 0.05) is 18.5 Å². The fourth-order valence-electron chi connectivity index (χ4n) is 2.99. The molecule has 0 saturated heterocycles. The first kappa shape index (κ1) is 21.0. The van der Waals surface area contributed by atoms with E-state index in [0.717, 1.165) is 0 Å². The second-order valence-electron chi connectivity index (χ2n) is 6.49. The predicted octanol–water partition coefficient (Wildman–Crippen LogP) is 2.64. The first-order valence-electron chi connectivity index (χ1n) is 9.68. The van der Waals surface area contributed by atoms with Crippen LogP contribution in [0, 0.1) is 0 Å². The van der Waals surface area contributed by atoms with Gasteiger partial charge in [0.15, 0.2) is 12.4 Å². The Kier molecular flexibility index (Phi) is 6.79. The van der Waals surface area contributed by atoms with Crippen molar-refractivity contribution in [2.45, 2.75) is 13.8 Å². The zero-order valence-corrected chi connectivity index (χ0v) is 16.9. The van der Waals surface area contributed by atoms with Crippen molar-refractivity contribution in [3.05, 3.63) is 54.3 Å². The van der Waals surface area contributed by atoms with Crippen LogP contribution in [0.5, 0.6) is 0 Å². The third-order valence-corrected chi connectivity index (χ3v) is 4.48. The van der Waals surface area contributed by atoms with Crippen LogP contribution >= 0.6 is 0 Å². The molecule has 3 aromatic rings. The minimum absolute atomic E-state index is 0.0818. The Morgan fingerprint density at radius 1 is 1.13 bits per heavy atom. The Morgan fingerprint density at radius 2 is 1.93 bits per heavy atom. The van der Waals surface area contributed by atoms with E-state index >= 15 is 0 Å². The molecule has 0 aliphatic rings. The molecule has 8 heteroatoms. The topological polar surface area (TPSA) is 102 Å². The van der Waals surface area contributed by atoms with Gasteiger partial charge in [-0.05, 0) is 38.1 Å². The van der Waals surface area contributed by atoms with Crippen molar-refractivity contribution < 1.29 is 23.5 Å². The summed E-state index contributed by atoms with van der Waals surface area (Å²) in [6, 6.07) is 12.2. The second kappa shape index (κ2) is 9.69. The molecule has 2 amide bonds. The number of likely N-dealkylation sites (N-methyl/N-ethyl adjacent to an activating group) is 2. The van der Waals surface area contributed by atoms with E-state index in [1.165, 1.54) is 11.2 Å². The van der Waals surface area contributed by atoms with Crippen LogP contribution in [0.15, 0.2) is 53.1 Å². The summed E-state index contributed by atoms with van der Waals surface area (Å²) in [5.74, 6) is -0.835. The molecule has 0 spiro atoms. The SMILES string of the molecule is CCNC(=O)CN(CC)C(=O)COC(=O)c1cc(-c2ccco2)nc2ccccc12. The molecule has 156 valence electrons. The van der Waals surface area contributed by atoms with E-state index in [-0.39, 0.29) is 18.0 Å². The third-order valence-electron chi connectivity index (χ3n) is 4.48. The Bertz CT molecular complexity index is 1050. The number of amides is 2. The molecule has 0 fully saturated rings. The summed E-state index contributed by atoms with van der Waals surface area (Å²) in [7, 11) is 0. The molecule has 2 aromatic heterocycles. The Balaban J connectivity index is 1.78. The molecular weight excluding hydrogens is 386 g/mol. The Hall–Kier alpha value is -3.68. The highest BCUT2D eigenvalue weighted by molar-refractivity contribution is 6.05. The Labute approximate surface area is 173 Å². The van der Waals surface area contributed by atoms with Crippen molar-refractivity contribution in [3.8, 4) is 11.5 Å². The number of furan rings is 1. The molecule has 1 aromatic carbocycles. The van der Waals surface area contributed by atoms with Crippen molar-refractivity contribution in [1.82, 2.24) is 15.2 Å². The molecule has 0 saturated carbocycles. The minimum atomic E-state index is -0.649. The van der Waals surface area contributed by atoms with Crippen LogP contribution in [-0.2, 0) is 14.3 Å². The van der Waals surface area contributed by atoms with Gasteiger partial charge in [-0.25, -0.2) is 9.78 Å². The summed E-state index contributed by atoms with van der Waals surface area (Å²) in [6.07, 6.45) is 1.52. The van der Waals surface area contributed by atoms with Gasteiger partial charge < -0.3 is 19.4 Å². The maximum absolute atomic E-state index is 12.8. The smallest absolute Gasteiger partial charge is 0.339 e. The largest absolute Gasteiger partial charge is 0.463 e. The van der Waals surface area contributed by atoms with E-state index in [4.69, 9.17) is 9.15 Å². The van der Waals surface area contributed by atoms with Gasteiger partial charge in [0.05, 0.1) is 23.9 Å². The molecule has 0 atom stereocenters. The van der Waals surface area contributed by atoms with E-state index in [9.17, 15) is 14.4 Å². The quantitative estimate of drug-likeness (QED) is 0.574. The van der Waals surface area contributed by atoms with Gasteiger partial charge in [-0.2, -0.15) is 0 Å². The molecule has 0 bridgehead atoms. The van der Waals surface area contributed by atoms with Crippen LogP contribution in [-0.4, -0.2) is 53.9 Å². The monoisotopic (exact) mass is 409 g/mol. The number of para-hydroxylation sites is 1. The second-order valence-corrected chi connectivity index (χ2v) is 6.49. The fourth-order valence-corrected chi connectivity index (χ4v) is 2.99. The lowest BCUT2D eigenvalue weighted by Gasteiger charge is -2.20. The molecule has 0 aliphatic heterocycles. The highest BCUT2D eigenvalue weighted by Gasteiger charge is 2.20. The number of benzene rings is 1. The first-order chi connectivity index (χ1) is 14.5. The highest BCUT2D eigenvalue weighted by atomic mass is 16.5. The molecular formula is C22H23N3O5. The lowest BCUT2D eigenvalue weighted by atomic mass is 10.1. The summed E-state index contributed by atoms with van der Waals surface area (Å²) in [5.41, 5.74) is 1.38. The number of aromatic nitrogens is 1. The molecule has 2 heterocycles. The maximum Gasteiger partial charge on any atom is 0.339 e. The number of carbonyl (C=O) groups is 3. The first-order valence-corrected chi connectivity index (χ1v) is 9.68. The number of hydrogen-bond donors (Lipinski definition) is 1. The summed E-state index contributed by atoms with van der Waals surface area (Å²) in [4.78, 5) is 42.8. The zero-order valence-electron chi connectivity index (χ0n) is 16.9. The number of pyridine rings is 1. The lowest BCUT2D eigenvalue weighted by molar-refractivity contribution is -0.138. The van der Waals surface area contributed by atoms with Gasteiger partial charge in [-0.1, -0.05) is 18.2 Å². The van der Waals surface area contributed by atoms with Gasteiger partial charge >= 0.3 is 5.97 Å². The normalized spacial score (nSPS) is 10.6. The summed E-state index contributed by atoms with van der Waals surface area (Å²) in [5, 5.41) is 3.25. The van der Waals surface area contributed by atoms with Crippen molar-refractivity contribution >= 4 is 28.7 Å². The average Bonchev–Trinajstić information content (AvgIpc) is 3.30. The zero-order chi connectivity index (χ0) is 21.5. The van der Waals surface area contributed by atoms with E-state index in [1.54, 1.807) is 50.2 Å². The van der Waals surface area contributed by atoms with E-state index in [0.29, 0.717) is 35.4 Å².